The van der Waals surface area contributed by atoms with Gasteiger partial charge in [-0.15, -0.1) is 0 Å². The maximum absolute atomic E-state index is 14.6. The molecular formula is C40H41N3O5S. The first-order valence-electron chi connectivity index (χ1n) is 16.3. The number of benzene rings is 5. The molecule has 0 aliphatic carbocycles. The predicted octanol–water partition coefficient (Wildman–Crippen LogP) is 7.15. The SMILES string of the molecule is CCCNC(=O)[C@@H](Cc1ccccc1)N(Cc1ccc(C)cc1)C(=O)CN(c1ccc(Oc2ccccc2)cc1)S(=O)(=O)c1ccccc1. The second kappa shape index (κ2) is 16.6. The Balaban J connectivity index is 1.54. The van der Waals surface area contributed by atoms with Crippen molar-refractivity contribution in [1.82, 2.24) is 10.2 Å². The topological polar surface area (TPSA) is 96.0 Å². The lowest BCUT2D eigenvalue weighted by atomic mass is 10.0. The highest BCUT2D eigenvalue weighted by molar-refractivity contribution is 7.92. The summed E-state index contributed by atoms with van der Waals surface area (Å²) in [5, 5.41) is 2.97. The van der Waals surface area contributed by atoms with E-state index >= 15 is 0 Å². The van der Waals surface area contributed by atoms with Crippen LogP contribution in [0, 0.1) is 6.92 Å². The van der Waals surface area contributed by atoms with Crippen LogP contribution >= 0.6 is 0 Å². The minimum Gasteiger partial charge on any atom is -0.457 e. The first kappa shape index (κ1) is 34.9. The number of carbonyl (C=O) groups is 2. The molecule has 0 heterocycles. The molecule has 0 saturated carbocycles. The van der Waals surface area contributed by atoms with E-state index in [1.165, 1.54) is 17.0 Å². The Morgan fingerprint density at radius 1 is 0.714 bits per heavy atom. The monoisotopic (exact) mass is 675 g/mol. The molecule has 0 aliphatic rings. The molecule has 49 heavy (non-hydrogen) atoms. The third-order valence-corrected chi connectivity index (χ3v) is 9.80. The number of sulfonamides is 1. The maximum Gasteiger partial charge on any atom is 0.264 e. The number of hydrogen-bond acceptors (Lipinski definition) is 5. The van der Waals surface area contributed by atoms with E-state index in [9.17, 15) is 18.0 Å². The molecule has 9 heteroatoms. The number of hydrogen-bond donors (Lipinski definition) is 1. The van der Waals surface area contributed by atoms with Crippen LogP contribution in [0.3, 0.4) is 0 Å². The normalized spacial score (nSPS) is 11.7. The van der Waals surface area contributed by atoms with Crippen LogP contribution in [0.2, 0.25) is 0 Å². The summed E-state index contributed by atoms with van der Waals surface area (Å²) >= 11 is 0. The fraction of sp³-hybridized carbons (Fsp3) is 0.200. The zero-order valence-electron chi connectivity index (χ0n) is 27.7. The number of nitrogens with one attached hydrogen (secondary N) is 1. The molecule has 5 aromatic rings. The van der Waals surface area contributed by atoms with Crippen LogP contribution in [0.4, 0.5) is 5.69 Å². The highest BCUT2D eigenvalue weighted by Crippen LogP contribution is 2.29. The third-order valence-electron chi connectivity index (χ3n) is 8.01. The largest absolute Gasteiger partial charge is 0.457 e. The van der Waals surface area contributed by atoms with Gasteiger partial charge in [0, 0.05) is 19.5 Å². The molecule has 5 aromatic carbocycles. The van der Waals surface area contributed by atoms with Crippen LogP contribution in [0.1, 0.15) is 30.0 Å². The zero-order valence-corrected chi connectivity index (χ0v) is 28.6. The summed E-state index contributed by atoms with van der Waals surface area (Å²) in [5.74, 6) is 0.329. The Hall–Kier alpha value is -5.41. The van der Waals surface area contributed by atoms with Gasteiger partial charge in [0.2, 0.25) is 11.8 Å². The fourth-order valence-corrected chi connectivity index (χ4v) is 6.80. The molecule has 8 nitrogen and oxygen atoms in total. The molecule has 0 aliphatic heterocycles. The van der Waals surface area contributed by atoms with E-state index in [2.05, 4.69) is 5.32 Å². The van der Waals surface area contributed by atoms with E-state index in [0.29, 0.717) is 18.0 Å². The highest BCUT2D eigenvalue weighted by atomic mass is 32.2. The van der Waals surface area contributed by atoms with Crippen molar-refractivity contribution in [3.63, 3.8) is 0 Å². The third kappa shape index (κ3) is 9.36. The van der Waals surface area contributed by atoms with E-state index in [0.717, 1.165) is 27.4 Å². The Morgan fingerprint density at radius 2 is 1.29 bits per heavy atom. The maximum atomic E-state index is 14.6. The number of rotatable bonds is 15. The van der Waals surface area contributed by atoms with Crippen molar-refractivity contribution in [3.8, 4) is 11.5 Å². The summed E-state index contributed by atoms with van der Waals surface area (Å²) in [7, 11) is -4.21. The number of amides is 2. The van der Waals surface area contributed by atoms with Gasteiger partial charge >= 0.3 is 0 Å². The first-order chi connectivity index (χ1) is 23.7. The molecule has 2 amide bonds. The molecule has 0 radical (unpaired) electrons. The first-order valence-corrected chi connectivity index (χ1v) is 17.8. The Labute approximate surface area is 289 Å². The predicted molar refractivity (Wildman–Crippen MR) is 193 cm³/mol. The fourth-order valence-electron chi connectivity index (χ4n) is 5.36. The van der Waals surface area contributed by atoms with Gasteiger partial charge in [0.1, 0.15) is 24.1 Å². The zero-order chi connectivity index (χ0) is 34.6. The average Bonchev–Trinajstić information content (AvgIpc) is 3.13. The molecule has 0 fully saturated rings. The molecule has 0 unspecified atom stereocenters. The molecule has 0 aromatic heterocycles. The van der Waals surface area contributed by atoms with E-state index < -0.39 is 28.5 Å². The summed E-state index contributed by atoms with van der Waals surface area (Å²) in [6.07, 6.45) is 0.980. The quantitative estimate of drug-likeness (QED) is 0.127. The number of ether oxygens (including phenoxy) is 1. The van der Waals surface area contributed by atoms with E-state index in [4.69, 9.17) is 4.74 Å². The van der Waals surface area contributed by atoms with Gasteiger partial charge in [-0.1, -0.05) is 103 Å². The van der Waals surface area contributed by atoms with Crippen molar-refractivity contribution in [2.45, 2.75) is 44.2 Å². The van der Waals surface area contributed by atoms with Crippen molar-refractivity contribution in [3.05, 3.63) is 156 Å². The number of para-hydroxylation sites is 1. The van der Waals surface area contributed by atoms with Gasteiger partial charge in [0.05, 0.1) is 10.6 Å². The molecule has 1 atom stereocenters. The lowest BCUT2D eigenvalue weighted by Crippen LogP contribution is -2.53. The Kier molecular flexibility index (Phi) is 11.8. The lowest BCUT2D eigenvalue weighted by Gasteiger charge is -2.34. The number of aryl methyl sites for hydroxylation is 1. The second-order valence-electron chi connectivity index (χ2n) is 11.7. The minimum atomic E-state index is -4.21. The van der Waals surface area contributed by atoms with Gasteiger partial charge in [0.15, 0.2) is 0 Å². The number of nitrogens with zero attached hydrogens (tertiary/aromatic N) is 2. The van der Waals surface area contributed by atoms with Gasteiger partial charge in [-0.3, -0.25) is 13.9 Å². The highest BCUT2D eigenvalue weighted by Gasteiger charge is 2.34. The van der Waals surface area contributed by atoms with Gasteiger partial charge in [-0.05, 0) is 73.0 Å². The van der Waals surface area contributed by atoms with Crippen molar-refractivity contribution < 1.29 is 22.7 Å². The van der Waals surface area contributed by atoms with Crippen LogP contribution in [-0.2, 0) is 32.6 Å². The van der Waals surface area contributed by atoms with Gasteiger partial charge in [-0.25, -0.2) is 8.42 Å². The van der Waals surface area contributed by atoms with Crippen molar-refractivity contribution in [1.29, 1.82) is 0 Å². The minimum absolute atomic E-state index is 0.0408. The van der Waals surface area contributed by atoms with E-state index in [-0.39, 0.29) is 29.5 Å². The van der Waals surface area contributed by atoms with Crippen molar-refractivity contribution in [2.24, 2.45) is 0 Å². The molecular weight excluding hydrogens is 635 g/mol. The van der Waals surface area contributed by atoms with Crippen molar-refractivity contribution >= 4 is 27.5 Å². The molecule has 5 rings (SSSR count). The van der Waals surface area contributed by atoms with Gasteiger partial charge < -0.3 is 15.0 Å². The standard InChI is InChI=1S/C40H41N3O5S/c1-3-27-41-40(45)38(28-32-13-7-4-8-14-32)42(29-33-21-19-31(2)20-22-33)39(44)30-43(49(46,47)37-17-11-6-12-18-37)34-23-25-36(26-24-34)48-35-15-9-5-10-16-35/h4-26,38H,3,27-30H2,1-2H3,(H,41,45)/t38-/m1/s1. The van der Waals surface area contributed by atoms with Crippen LogP contribution in [-0.4, -0.2) is 44.3 Å². The Morgan fingerprint density at radius 3 is 1.90 bits per heavy atom. The summed E-state index contributed by atoms with van der Waals surface area (Å²) in [5.41, 5.74) is 3.04. The van der Waals surface area contributed by atoms with Crippen LogP contribution in [0.15, 0.2) is 144 Å². The number of carbonyl (C=O) groups excluding carboxylic acids is 2. The number of anilines is 1. The van der Waals surface area contributed by atoms with E-state index in [1.54, 1.807) is 42.5 Å². The summed E-state index contributed by atoms with van der Waals surface area (Å²) in [6.45, 7) is 3.96. The Bertz CT molecular complexity index is 1900. The average molecular weight is 676 g/mol. The molecule has 0 saturated heterocycles. The molecule has 0 spiro atoms. The second-order valence-corrected chi connectivity index (χ2v) is 13.6. The van der Waals surface area contributed by atoms with Crippen LogP contribution in [0.25, 0.3) is 0 Å². The molecule has 1 N–H and O–H groups in total. The summed E-state index contributed by atoms with van der Waals surface area (Å²) in [6, 6.07) is 40.2. The summed E-state index contributed by atoms with van der Waals surface area (Å²) in [4.78, 5) is 30.0. The summed E-state index contributed by atoms with van der Waals surface area (Å²) < 4.78 is 35.5. The van der Waals surface area contributed by atoms with Crippen LogP contribution in [0.5, 0.6) is 11.5 Å². The van der Waals surface area contributed by atoms with Gasteiger partial charge in [-0.2, -0.15) is 0 Å². The van der Waals surface area contributed by atoms with E-state index in [1.807, 2.05) is 98.8 Å². The molecule has 0 bridgehead atoms. The van der Waals surface area contributed by atoms with Crippen LogP contribution < -0.4 is 14.4 Å². The lowest BCUT2D eigenvalue weighted by molar-refractivity contribution is -0.140. The smallest absolute Gasteiger partial charge is 0.264 e. The van der Waals surface area contributed by atoms with Crippen molar-refractivity contribution in [2.75, 3.05) is 17.4 Å². The van der Waals surface area contributed by atoms with Gasteiger partial charge in [0.25, 0.3) is 10.0 Å². The molecule has 252 valence electrons.